The number of aliphatic hydroxyl groups is 1. The molecule has 0 radical (unpaired) electrons. The number of aliphatic hydroxyl groups excluding tert-OH is 1. The van der Waals surface area contributed by atoms with Gasteiger partial charge in [0, 0.05) is 6.61 Å². The third-order valence-corrected chi connectivity index (χ3v) is 1.97. The number of hydrogen-bond acceptors (Lipinski definition) is 3. The van der Waals surface area contributed by atoms with Crippen LogP contribution in [-0.2, 0) is 9.47 Å². The van der Waals surface area contributed by atoms with Gasteiger partial charge in [0.2, 0.25) is 0 Å². The minimum Gasteiger partial charge on any atom is -0.394 e. The molecule has 0 aromatic carbocycles. The zero-order valence-corrected chi connectivity index (χ0v) is 9.82. The molecule has 0 rings (SSSR count). The smallest absolute Gasteiger partial charge is 0.0780 e. The SMILES string of the molecule is CC(C)CCOC(C)COC(C)CO. The third kappa shape index (κ3) is 8.48. The third-order valence-electron chi connectivity index (χ3n) is 1.97. The lowest BCUT2D eigenvalue weighted by Gasteiger charge is -2.16. The lowest BCUT2D eigenvalue weighted by Crippen LogP contribution is -2.22. The highest BCUT2D eigenvalue weighted by Gasteiger charge is 2.06. The maximum Gasteiger partial charge on any atom is 0.0780 e. The van der Waals surface area contributed by atoms with Crippen LogP contribution in [0.1, 0.15) is 34.1 Å². The van der Waals surface area contributed by atoms with Gasteiger partial charge in [0.1, 0.15) is 0 Å². The molecule has 0 saturated heterocycles. The largest absolute Gasteiger partial charge is 0.394 e. The van der Waals surface area contributed by atoms with E-state index in [1.165, 1.54) is 0 Å². The first-order valence-corrected chi connectivity index (χ1v) is 5.40. The first kappa shape index (κ1) is 13.9. The van der Waals surface area contributed by atoms with Crippen molar-refractivity contribution in [3.05, 3.63) is 0 Å². The molecule has 2 unspecified atom stereocenters. The maximum atomic E-state index is 8.73. The quantitative estimate of drug-likeness (QED) is 0.655. The minimum atomic E-state index is -0.0915. The Kier molecular flexibility index (Phi) is 8.14. The number of hydrogen-bond donors (Lipinski definition) is 1. The van der Waals surface area contributed by atoms with Gasteiger partial charge in [-0.1, -0.05) is 13.8 Å². The van der Waals surface area contributed by atoms with Gasteiger partial charge in [-0.3, -0.25) is 0 Å². The Hall–Kier alpha value is -0.120. The highest BCUT2D eigenvalue weighted by atomic mass is 16.5. The van der Waals surface area contributed by atoms with Gasteiger partial charge in [-0.15, -0.1) is 0 Å². The zero-order chi connectivity index (χ0) is 11.0. The molecule has 3 nitrogen and oxygen atoms in total. The molecule has 0 heterocycles. The van der Waals surface area contributed by atoms with Gasteiger partial charge in [-0.25, -0.2) is 0 Å². The Morgan fingerprint density at radius 2 is 1.64 bits per heavy atom. The van der Waals surface area contributed by atoms with E-state index in [-0.39, 0.29) is 18.8 Å². The van der Waals surface area contributed by atoms with Gasteiger partial charge in [0.05, 0.1) is 25.4 Å². The topological polar surface area (TPSA) is 38.7 Å². The van der Waals surface area contributed by atoms with Crippen LogP contribution >= 0.6 is 0 Å². The summed E-state index contributed by atoms with van der Waals surface area (Å²) < 4.78 is 10.9. The van der Waals surface area contributed by atoms with Crippen molar-refractivity contribution in [3.63, 3.8) is 0 Å². The second-order valence-corrected chi connectivity index (χ2v) is 4.19. The highest BCUT2D eigenvalue weighted by molar-refractivity contribution is 4.52. The first-order valence-electron chi connectivity index (χ1n) is 5.40. The molecule has 0 aliphatic rings. The average molecular weight is 204 g/mol. The van der Waals surface area contributed by atoms with Gasteiger partial charge < -0.3 is 14.6 Å². The predicted octanol–water partition coefficient (Wildman–Crippen LogP) is 1.83. The van der Waals surface area contributed by atoms with Crippen LogP contribution in [0.25, 0.3) is 0 Å². The van der Waals surface area contributed by atoms with Gasteiger partial charge >= 0.3 is 0 Å². The lowest BCUT2D eigenvalue weighted by molar-refractivity contribution is -0.0470. The van der Waals surface area contributed by atoms with Crippen LogP contribution in [0.15, 0.2) is 0 Å². The van der Waals surface area contributed by atoms with Crippen molar-refractivity contribution in [2.75, 3.05) is 19.8 Å². The van der Waals surface area contributed by atoms with Crippen LogP contribution in [0.5, 0.6) is 0 Å². The molecule has 0 aromatic heterocycles. The van der Waals surface area contributed by atoms with Gasteiger partial charge in [0.15, 0.2) is 0 Å². The van der Waals surface area contributed by atoms with Crippen molar-refractivity contribution in [1.29, 1.82) is 0 Å². The van der Waals surface area contributed by atoms with E-state index in [1.54, 1.807) is 0 Å². The summed E-state index contributed by atoms with van der Waals surface area (Å²) in [6, 6.07) is 0. The molecule has 1 N–H and O–H groups in total. The second-order valence-electron chi connectivity index (χ2n) is 4.19. The highest BCUT2D eigenvalue weighted by Crippen LogP contribution is 2.02. The van der Waals surface area contributed by atoms with E-state index in [1.807, 2.05) is 13.8 Å². The van der Waals surface area contributed by atoms with Gasteiger partial charge in [0.25, 0.3) is 0 Å². The molecule has 0 aromatic rings. The van der Waals surface area contributed by atoms with Crippen LogP contribution in [0.3, 0.4) is 0 Å². The van der Waals surface area contributed by atoms with E-state index in [9.17, 15) is 0 Å². The second kappa shape index (κ2) is 8.21. The maximum absolute atomic E-state index is 8.73. The molecule has 86 valence electrons. The van der Waals surface area contributed by atoms with Crippen LogP contribution < -0.4 is 0 Å². The number of rotatable bonds is 8. The molecule has 0 bridgehead atoms. The van der Waals surface area contributed by atoms with E-state index in [0.717, 1.165) is 13.0 Å². The summed E-state index contributed by atoms with van der Waals surface area (Å²) in [7, 11) is 0. The van der Waals surface area contributed by atoms with E-state index < -0.39 is 0 Å². The summed E-state index contributed by atoms with van der Waals surface area (Å²) in [6.45, 7) is 9.61. The fourth-order valence-electron chi connectivity index (χ4n) is 0.906. The monoisotopic (exact) mass is 204 g/mol. The summed E-state index contributed by atoms with van der Waals surface area (Å²) in [5.41, 5.74) is 0. The Bertz CT molecular complexity index is 126. The molecule has 0 saturated carbocycles. The first-order chi connectivity index (χ1) is 6.56. The van der Waals surface area contributed by atoms with Crippen LogP contribution in [0, 0.1) is 5.92 Å². The molecule has 3 heteroatoms. The molecular formula is C11H24O3. The molecule has 0 amide bonds. The van der Waals surface area contributed by atoms with Crippen molar-refractivity contribution in [2.24, 2.45) is 5.92 Å². The molecule has 0 spiro atoms. The van der Waals surface area contributed by atoms with Crippen molar-refractivity contribution in [2.45, 2.75) is 46.3 Å². The normalized spacial score (nSPS) is 15.9. The summed E-state index contributed by atoms with van der Waals surface area (Å²) in [5.74, 6) is 0.680. The molecule has 14 heavy (non-hydrogen) atoms. The Morgan fingerprint density at radius 3 is 2.14 bits per heavy atom. The van der Waals surface area contributed by atoms with Crippen LogP contribution in [-0.4, -0.2) is 37.1 Å². The van der Waals surface area contributed by atoms with E-state index in [0.29, 0.717) is 12.5 Å². The van der Waals surface area contributed by atoms with Crippen molar-refractivity contribution in [3.8, 4) is 0 Å². The molecular weight excluding hydrogens is 180 g/mol. The van der Waals surface area contributed by atoms with Gasteiger partial charge in [-0.2, -0.15) is 0 Å². The van der Waals surface area contributed by atoms with Crippen LogP contribution in [0.2, 0.25) is 0 Å². The fraction of sp³-hybridized carbons (Fsp3) is 1.00. The predicted molar refractivity (Wildman–Crippen MR) is 57.4 cm³/mol. The Morgan fingerprint density at radius 1 is 1.00 bits per heavy atom. The van der Waals surface area contributed by atoms with Crippen molar-refractivity contribution < 1.29 is 14.6 Å². The fourth-order valence-corrected chi connectivity index (χ4v) is 0.906. The summed E-state index contributed by atoms with van der Waals surface area (Å²) in [4.78, 5) is 0. The van der Waals surface area contributed by atoms with E-state index >= 15 is 0 Å². The standard InChI is InChI=1S/C11H24O3/c1-9(2)5-6-13-11(4)8-14-10(3)7-12/h9-12H,5-8H2,1-4H3. The number of ether oxygens (including phenoxy) is 2. The molecule has 0 aliphatic carbocycles. The lowest BCUT2D eigenvalue weighted by atomic mass is 10.1. The zero-order valence-electron chi connectivity index (χ0n) is 9.82. The summed E-state index contributed by atoms with van der Waals surface area (Å²) in [6.07, 6.45) is 1.11. The molecule has 0 aliphatic heterocycles. The van der Waals surface area contributed by atoms with E-state index in [2.05, 4.69) is 13.8 Å². The van der Waals surface area contributed by atoms with Crippen molar-refractivity contribution >= 4 is 0 Å². The minimum absolute atomic E-state index is 0.0682. The summed E-state index contributed by atoms with van der Waals surface area (Å²) in [5, 5.41) is 8.73. The average Bonchev–Trinajstić information content (AvgIpc) is 2.13. The van der Waals surface area contributed by atoms with Crippen molar-refractivity contribution in [1.82, 2.24) is 0 Å². The van der Waals surface area contributed by atoms with Gasteiger partial charge in [-0.05, 0) is 26.2 Å². The molecule has 0 fully saturated rings. The van der Waals surface area contributed by atoms with E-state index in [4.69, 9.17) is 14.6 Å². The molecule has 2 atom stereocenters. The Balaban J connectivity index is 3.32. The summed E-state index contributed by atoms with van der Waals surface area (Å²) >= 11 is 0. The Labute approximate surface area is 87.4 Å². The van der Waals surface area contributed by atoms with Crippen LogP contribution in [0.4, 0.5) is 0 Å².